The second-order valence-corrected chi connectivity index (χ2v) is 6.76. The van der Waals surface area contributed by atoms with Crippen molar-refractivity contribution in [2.24, 2.45) is 0 Å². The number of hydrogen-bond donors (Lipinski definition) is 1. The number of nitrogens with one attached hydrogen (secondary N) is 1. The molecule has 1 aliphatic carbocycles. The number of nitrogens with zero attached hydrogens (tertiary/aromatic N) is 3. The minimum absolute atomic E-state index is 0.00976. The highest BCUT2D eigenvalue weighted by molar-refractivity contribution is 6.06. The fourth-order valence-corrected chi connectivity index (χ4v) is 3.11. The Labute approximate surface area is 145 Å². The maximum atomic E-state index is 12.9. The third kappa shape index (κ3) is 3.24. The number of fused-ring (bicyclic) bond motifs is 1. The molecular formula is C19H20N4O2. The molecule has 0 bridgehead atoms. The third-order valence-electron chi connectivity index (χ3n) is 4.52. The molecule has 0 aromatic carbocycles. The highest BCUT2D eigenvalue weighted by Gasteiger charge is 2.28. The van der Waals surface area contributed by atoms with Crippen LogP contribution in [0.5, 0.6) is 0 Å². The number of aromatic nitrogens is 3. The summed E-state index contributed by atoms with van der Waals surface area (Å²) in [5.74, 6) is 0.325. The average molecular weight is 336 g/mol. The molecule has 6 heteroatoms. The summed E-state index contributed by atoms with van der Waals surface area (Å²) in [6, 6.07) is 5.80. The molecule has 6 nitrogen and oxygen atoms in total. The van der Waals surface area contributed by atoms with Gasteiger partial charge in [-0.1, -0.05) is 11.2 Å². The molecule has 25 heavy (non-hydrogen) atoms. The molecule has 0 saturated heterocycles. The van der Waals surface area contributed by atoms with Gasteiger partial charge in [0.25, 0.3) is 11.6 Å². The van der Waals surface area contributed by atoms with Gasteiger partial charge in [-0.25, -0.2) is 4.98 Å². The van der Waals surface area contributed by atoms with Crippen LogP contribution >= 0.6 is 0 Å². The van der Waals surface area contributed by atoms with Gasteiger partial charge in [0.05, 0.1) is 16.6 Å². The van der Waals surface area contributed by atoms with Gasteiger partial charge in [-0.3, -0.25) is 9.78 Å². The number of aryl methyl sites for hydroxylation is 1. The molecular weight excluding hydrogens is 316 g/mol. The van der Waals surface area contributed by atoms with E-state index >= 15 is 0 Å². The fourth-order valence-electron chi connectivity index (χ4n) is 3.11. The number of carbonyl (C=O) groups is 1. The summed E-state index contributed by atoms with van der Waals surface area (Å²) in [6.45, 7) is 3.83. The van der Waals surface area contributed by atoms with E-state index in [-0.39, 0.29) is 11.9 Å². The standard InChI is InChI=1S/C19H20N4O2/c1-11(8-13-4-3-7-20-10-13)21-18(24)15-9-16(14-5-6-14)22-19-17(15)12(2)23-25-19/h3-4,7,9-11,14H,5-6,8H2,1-2H3,(H,21,24). The number of pyridine rings is 2. The Bertz CT molecular complexity index is 916. The van der Waals surface area contributed by atoms with Crippen molar-refractivity contribution in [1.82, 2.24) is 20.4 Å². The highest BCUT2D eigenvalue weighted by atomic mass is 16.5. The Kier molecular flexibility index (Phi) is 3.95. The molecule has 0 radical (unpaired) electrons. The van der Waals surface area contributed by atoms with Crippen molar-refractivity contribution >= 4 is 17.0 Å². The van der Waals surface area contributed by atoms with Gasteiger partial charge >= 0.3 is 0 Å². The van der Waals surface area contributed by atoms with Crippen LogP contribution in [0.2, 0.25) is 0 Å². The first-order chi connectivity index (χ1) is 12.1. The topological polar surface area (TPSA) is 80.9 Å². The first kappa shape index (κ1) is 15.7. The lowest BCUT2D eigenvalue weighted by Gasteiger charge is -2.14. The molecule has 1 aliphatic rings. The Hall–Kier alpha value is -2.76. The van der Waals surface area contributed by atoms with Crippen molar-refractivity contribution in [2.75, 3.05) is 0 Å². The lowest BCUT2D eigenvalue weighted by Crippen LogP contribution is -2.34. The molecule has 0 aliphatic heterocycles. The van der Waals surface area contributed by atoms with Crippen molar-refractivity contribution in [3.8, 4) is 0 Å². The molecule has 1 saturated carbocycles. The van der Waals surface area contributed by atoms with Crippen LogP contribution in [-0.2, 0) is 6.42 Å². The normalized spacial score (nSPS) is 15.3. The summed E-state index contributed by atoms with van der Waals surface area (Å²) in [4.78, 5) is 21.5. The summed E-state index contributed by atoms with van der Waals surface area (Å²) >= 11 is 0. The summed E-state index contributed by atoms with van der Waals surface area (Å²) in [5, 5.41) is 7.76. The van der Waals surface area contributed by atoms with E-state index in [1.807, 2.05) is 38.2 Å². The number of hydrogen-bond acceptors (Lipinski definition) is 5. The lowest BCUT2D eigenvalue weighted by molar-refractivity contribution is 0.0941. The molecule has 1 N–H and O–H groups in total. The van der Waals surface area contributed by atoms with Gasteiger partial charge in [0.2, 0.25) is 0 Å². The van der Waals surface area contributed by atoms with Crippen LogP contribution in [-0.4, -0.2) is 27.1 Å². The SMILES string of the molecule is Cc1noc2nc(C3CC3)cc(C(=O)NC(C)Cc3cccnc3)c12. The Balaban J connectivity index is 1.59. The summed E-state index contributed by atoms with van der Waals surface area (Å²) in [7, 11) is 0. The maximum absolute atomic E-state index is 12.9. The minimum Gasteiger partial charge on any atom is -0.349 e. The molecule has 4 rings (SSSR count). The van der Waals surface area contributed by atoms with E-state index in [0.29, 0.717) is 28.3 Å². The van der Waals surface area contributed by atoms with Crippen molar-refractivity contribution in [2.45, 2.75) is 45.1 Å². The van der Waals surface area contributed by atoms with Gasteiger partial charge in [0.1, 0.15) is 0 Å². The Morgan fingerprint density at radius 1 is 1.44 bits per heavy atom. The molecule has 3 heterocycles. The van der Waals surface area contributed by atoms with E-state index in [2.05, 4.69) is 20.4 Å². The van der Waals surface area contributed by atoms with Gasteiger partial charge in [-0.05, 0) is 50.8 Å². The zero-order valence-corrected chi connectivity index (χ0v) is 14.3. The highest BCUT2D eigenvalue weighted by Crippen LogP contribution is 2.40. The Morgan fingerprint density at radius 3 is 3.00 bits per heavy atom. The van der Waals surface area contributed by atoms with Crippen molar-refractivity contribution in [3.05, 3.63) is 53.1 Å². The number of rotatable bonds is 5. The van der Waals surface area contributed by atoms with Crippen LogP contribution in [0.1, 0.15) is 53.0 Å². The maximum Gasteiger partial charge on any atom is 0.259 e. The van der Waals surface area contributed by atoms with E-state index in [9.17, 15) is 4.79 Å². The quantitative estimate of drug-likeness (QED) is 0.774. The third-order valence-corrected chi connectivity index (χ3v) is 4.52. The van der Waals surface area contributed by atoms with Crippen molar-refractivity contribution in [3.63, 3.8) is 0 Å². The zero-order valence-electron chi connectivity index (χ0n) is 14.3. The number of amides is 1. The molecule has 1 atom stereocenters. The molecule has 3 aromatic rings. The van der Waals surface area contributed by atoms with Gasteiger partial charge in [0.15, 0.2) is 0 Å². The predicted octanol–water partition coefficient (Wildman–Crippen LogP) is 3.16. The summed E-state index contributed by atoms with van der Waals surface area (Å²) in [5.41, 5.74) is 3.76. The van der Waals surface area contributed by atoms with E-state index in [0.717, 1.165) is 30.5 Å². The monoisotopic (exact) mass is 336 g/mol. The largest absolute Gasteiger partial charge is 0.349 e. The Morgan fingerprint density at radius 2 is 2.28 bits per heavy atom. The van der Waals surface area contributed by atoms with Crippen LogP contribution in [0.3, 0.4) is 0 Å². The first-order valence-corrected chi connectivity index (χ1v) is 8.58. The van der Waals surface area contributed by atoms with Crippen LogP contribution in [0, 0.1) is 6.92 Å². The average Bonchev–Trinajstić information content (AvgIpc) is 3.39. The van der Waals surface area contributed by atoms with E-state index in [4.69, 9.17) is 4.52 Å². The molecule has 3 aromatic heterocycles. The summed E-state index contributed by atoms with van der Waals surface area (Å²) in [6.07, 6.45) is 6.53. The van der Waals surface area contributed by atoms with Crippen molar-refractivity contribution < 1.29 is 9.32 Å². The van der Waals surface area contributed by atoms with Crippen LogP contribution in [0.15, 0.2) is 35.1 Å². The van der Waals surface area contributed by atoms with Crippen molar-refractivity contribution in [1.29, 1.82) is 0 Å². The summed E-state index contributed by atoms with van der Waals surface area (Å²) < 4.78 is 5.31. The van der Waals surface area contributed by atoms with Gasteiger partial charge in [0, 0.05) is 30.0 Å². The van der Waals surface area contributed by atoms with Crippen LogP contribution in [0.4, 0.5) is 0 Å². The zero-order chi connectivity index (χ0) is 17.4. The first-order valence-electron chi connectivity index (χ1n) is 8.58. The van der Waals surface area contributed by atoms with E-state index in [1.165, 1.54) is 0 Å². The van der Waals surface area contributed by atoms with Crippen LogP contribution in [0.25, 0.3) is 11.1 Å². The molecule has 0 spiro atoms. The predicted molar refractivity (Wildman–Crippen MR) is 93.4 cm³/mol. The smallest absolute Gasteiger partial charge is 0.259 e. The van der Waals surface area contributed by atoms with Gasteiger partial charge in [-0.15, -0.1) is 0 Å². The lowest BCUT2D eigenvalue weighted by atomic mass is 10.1. The molecule has 1 unspecified atom stereocenters. The van der Waals surface area contributed by atoms with Gasteiger partial charge < -0.3 is 9.84 Å². The molecule has 128 valence electrons. The minimum atomic E-state index is -0.114. The van der Waals surface area contributed by atoms with E-state index in [1.54, 1.807) is 6.20 Å². The van der Waals surface area contributed by atoms with Crippen LogP contribution < -0.4 is 5.32 Å². The van der Waals surface area contributed by atoms with E-state index < -0.39 is 0 Å². The number of carbonyl (C=O) groups excluding carboxylic acids is 1. The second kappa shape index (κ2) is 6.27. The second-order valence-electron chi connectivity index (χ2n) is 6.76. The molecule has 1 fully saturated rings. The fraction of sp³-hybridized carbons (Fsp3) is 0.368. The van der Waals surface area contributed by atoms with Gasteiger partial charge in [-0.2, -0.15) is 0 Å². The molecule has 1 amide bonds.